The Morgan fingerprint density at radius 2 is 1.86 bits per heavy atom. The molecule has 0 atom stereocenters. The summed E-state index contributed by atoms with van der Waals surface area (Å²) in [4.78, 5) is 28.5. The lowest BCUT2D eigenvalue weighted by Gasteiger charge is -2.22. The van der Waals surface area contributed by atoms with Gasteiger partial charge in [-0.25, -0.2) is 0 Å². The Balaban J connectivity index is 0.00000242. The van der Waals surface area contributed by atoms with Crippen molar-refractivity contribution in [1.29, 1.82) is 0 Å². The fourth-order valence-electron chi connectivity index (χ4n) is 2.00. The average molecular weight is 323 g/mol. The number of carbonyl (C=O) groups excluding carboxylic acids is 2. The van der Waals surface area contributed by atoms with Crippen LogP contribution in [-0.4, -0.2) is 30.0 Å². The van der Waals surface area contributed by atoms with Crippen molar-refractivity contribution in [2.24, 2.45) is 0 Å². The minimum absolute atomic E-state index is 0. The number of hydrogen-bond donors (Lipinski definition) is 1. The summed E-state index contributed by atoms with van der Waals surface area (Å²) in [7, 11) is 0. The molecule has 0 spiro atoms. The molecule has 118 valence electrons. The first-order valence-electron chi connectivity index (χ1n) is 6.88. The summed E-state index contributed by atoms with van der Waals surface area (Å²) in [5.41, 5.74) is 1.24. The van der Waals surface area contributed by atoms with Crippen LogP contribution >= 0.6 is 12.4 Å². The molecule has 22 heavy (non-hydrogen) atoms. The first kappa shape index (κ1) is 17.8. The van der Waals surface area contributed by atoms with Crippen molar-refractivity contribution in [2.45, 2.75) is 13.3 Å². The molecule has 1 N–H and O–H groups in total. The fraction of sp³-hybridized carbons (Fsp3) is 0.250. The lowest BCUT2D eigenvalue weighted by molar-refractivity contribution is -0.142. The van der Waals surface area contributed by atoms with Crippen LogP contribution in [0, 0.1) is 0 Å². The summed E-state index contributed by atoms with van der Waals surface area (Å²) < 4.78 is 4.91. The van der Waals surface area contributed by atoms with E-state index in [1.54, 1.807) is 30.2 Å². The van der Waals surface area contributed by atoms with E-state index in [9.17, 15) is 9.59 Å². The first-order valence-corrected chi connectivity index (χ1v) is 6.88. The summed E-state index contributed by atoms with van der Waals surface area (Å²) in [5.74, 6) is -0.479. The normalized spacial score (nSPS) is 9.68. The summed E-state index contributed by atoms with van der Waals surface area (Å²) in [6.45, 7) is 2.38. The third kappa shape index (κ3) is 4.63. The van der Waals surface area contributed by atoms with Crippen LogP contribution in [0.1, 0.15) is 23.8 Å². The van der Waals surface area contributed by atoms with Crippen LogP contribution in [0.15, 0.2) is 48.7 Å². The predicted octanol–water partition coefficient (Wildman–Crippen LogP) is 3.04. The molecule has 0 fully saturated rings. The number of aromatic amines is 1. The van der Waals surface area contributed by atoms with Crippen LogP contribution in [0.25, 0.3) is 0 Å². The number of aromatic nitrogens is 1. The maximum atomic E-state index is 12.5. The molecule has 0 saturated heterocycles. The molecule has 1 amide bonds. The van der Waals surface area contributed by atoms with E-state index in [1.807, 2.05) is 30.3 Å². The van der Waals surface area contributed by atoms with Gasteiger partial charge in [0.05, 0.1) is 13.0 Å². The van der Waals surface area contributed by atoms with Crippen LogP contribution in [0.3, 0.4) is 0 Å². The monoisotopic (exact) mass is 322 g/mol. The maximum absolute atomic E-state index is 12.5. The smallest absolute Gasteiger partial charge is 0.307 e. The number of para-hydroxylation sites is 1. The highest BCUT2D eigenvalue weighted by Gasteiger charge is 2.19. The van der Waals surface area contributed by atoms with Gasteiger partial charge in [-0.05, 0) is 31.2 Å². The number of rotatable bonds is 6. The van der Waals surface area contributed by atoms with Gasteiger partial charge in [-0.3, -0.25) is 9.59 Å². The number of ether oxygens (including phenoxy) is 1. The summed E-state index contributed by atoms with van der Waals surface area (Å²) in [5, 5.41) is 0. The zero-order chi connectivity index (χ0) is 15.1. The number of amides is 1. The molecule has 2 aromatic rings. The number of benzene rings is 1. The standard InChI is InChI=1S/C16H18N2O3.ClH/c1-2-21-15(19)10-12-18(13-7-4-3-5-8-13)16(20)14-9-6-11-17-14;/h3-9,11,17H,2,10,12H2,1H3;1H. The van der Waals surface area contributed by atoms with Crippen molar-refractivity contribution >= 4 is 30.0 Å². The quantitative estimate of drug-likeness (QED) is 0.831. The molecular weight excluding hydrogens is 304 g/mol. The third-order valence-electron chi connectivity index (χ3n) is 2.99. The molecule has 0 aliphatic heterocycles. The van der Waals surface area contributed by atoms with E-state index in [1.165, 1.54) is 0 Å². The fourth-order valence-corrected chi connectivity index (χ4v) is 2.00. The topological polar surface area (TPSA) is 62.4 Å². The van der Waals surface area contributed by atoms with Gasteiger partial charge in [-0.1, -0.05) is 18.2 Å². The van der Waals surface area contributed by atoms with Gasteiger partial charge < -0.3 is 14.6 Å². The molecule has 1 aromatic carbocycles. The molecule has 0 unspecified atom stereocenters. The number of esters is 1. The van der Waals surface area contributed by atoms with Crippen molar-refractivity contribution in [3.8, 4) is 0 Å². The molecule has 0 aliphatic rings. The van der Waals surface area contributed by atoms with Crippen LogP contribution in [0.4, 0.5) is 5.69 Å². The molecule has 0 aliphatic carbocycles. The Labute approximate surface area is 135 Å². The molecule has 0 saturated carbocycles. The van der Waals surface area contributed by atoms with Crippen LogP contribution < -0.4 is 4.90 Å². The van der Waals surface area contributed by atoms with Gasteiger partial charge in [0.1, 0.15) is 5.69 Å². The van der Waals surface area contributed by atoms with E-state index < -0.39 is 0 Å². The predicted molar refractivity (Wildman–Crippen MR) is 87.4 cm³/mol. The summed E-state index contributed by atoms with van der Waals surface area (Å²) in [6, 6.07) is 12.7. The second-order valence-corrected chi connectivity index (χ2v) is 4.43. The highest BCUT2D eigenvalue weighted by atomic mass is 35.5. The van der Waals surface area contributed by atoms with Gasteiger partial charge in [0.2, 0.25) is 0 Å². The zero-order valence-corrected chi connectivity index (χ0v) is 13.1. The first-order chi connectivity index (χ1) is 10.2. The van der Waals surface area contributed by atoms with Crippen molar-refractivity contribution < 1.29 is 14.3 Å². The third-order valence-corrected chi connectivity index (χ3v) is 2.99. The highest BCUT2D eigenvalue weighted by Crippen LogP contribution is 2.16. The van der Waals surface area contributed by atoms with Crippen LogP contribution in [-0.2, 0) is 9.53 Å². The Morgan fingerprint density at radius 3 is 2.45 bits per heavy atom. The highest BCUT2D eigenvalue weighted by molar-refractivity contribution is 6.05. The second kappa shape index (κ2) is 8.89. The van der Waals surface area contributed by atoms with E-state index in [4.69, 9.17) is 4.74 Å². The molecule has 0 bridgehead atoms. The number of halogens is 1. The average Bonchev–Trinajstić information content (AvgIpc) is 3.03. The molecular formula is C16H19ClN2O3. The van der Waals surface area contributed by atoms with Gasteiger partial charge in [0.25, 0.3) is 5.91 Å². The number of nitrogens with zero attached hydrogens (tertiary/aromatic N) is 1. The molecule has 2 rings (SSSR count). The minimum atomic E-state index is -0.308. The maximum Gasteiger partial charge on any atom is 0.307 e. The Kier molecular flexibility index (Phi) is 7.19. The molecule has 1 aromatic heterocycles. The Morgan fingerprint density at radius 1 is 1.14 bits per heavy atom. The largest absolute Gasteiger partial charge is 0.466 e. The van der Waals surface area contributed by atoms with Crippen molar-refractivity contribution in [2.75, 3.05) is 18.1 Å². The Bertz CT molecular complexity index is 585. The number of H-pyrrole nitrogens is 1. The van der Waals surface area contributed by atoms with Crippen molar-refractivity contribution in [1.82, 2.24) is 4.98 Å². The number of nitrogens with one attached hydrogen (secondary N) is 1. The summed E-state index contributed by atoms with van der Waals surface area (Å²) >= 11 is 0. The summed E-state index contributed by atoms with van der Waals surface area (Å²) in [6.07, 6.45) is 1.86. The molecule has 0 radical (unpaired) electrons. The van der Waals surface area contributed by atoms with E-state index in [0.717, 1.165) is 5.69 Å². The molecule has 1 heterocycles. The molecule has 6 heteroatoms. The molecule has 5 nitrogen and oxygen atoms in total. The van der Waals surface area contributed by atoms with Gasteiger partial charge >= 0.3 is 5.97 Å². The SMILES string of the molecule is CCOC(=O)CCN(C(=O)c1ccc[nH]1)c1ccccc1.Cl. The number of anilines is 1. The number of hydrogen-bond acceptors (Lipinski definition) is 3. The van der Waals surface area contributed by atoms with Gasteiger partial charge in [-0.2, -0.15) is 0 Å². The lowest BCUT2D eigenvalue weighted by atomic mass is 10.2. The van der Waals surface area contributed by atoms with Gasteiger partial charge in [-0.15, -0.1) is 12.4 Å². The van der Waals surface area contributed by atoms with E-state index in [-0.39, 0.29) is 37.2 Å². The van der Waals surface area contributed by atoms with Crippen LogP contribution in [0.2, 0.25) is 0 Å². The minimum Gasteiger partial charge on any atom is -0.466 e. The lowest BCUT2D eigenvalue weighted by Crippen LogP contribution is -2.33. The van der Waals surface area contributed by atoms with E-state index >= 15 is 0 Å². The van der Waals surface area contributed by atoms with Gasteiger partial charge in [0, 0.05) is 18.4 Å². The number of carbonyl (C=O) groups is 2. The van der Waals surface area contributed by atoms with Crippen LogP contribution in [0.5, 0.6) is 0 Å². The van der Waals surface area contributed by atoms with Crippen molar-refractivity contribution in [3.63, 3.8) is 0 Å². The second-order valence-electron chi connectivity index (χ2n) is 4.43. The Hall–Kier alpha value is -2.27. The van der Waals surface area contributed by atoms with Crippen molar-refractivity contribution in [3.05, 3.63) is 54.4 Å². The van der Waals surface area contributed by atoms with Gasteiger partial charge in [0.15, 0.2) is 0 Å². The van der Waals surface area contributed by atoms with E-state index in [2.05, 4.69) is 4.98 Å². The zero-order valence-electron chi connectivity index (χ0n) is 12.3. The van der Waals surface area contributed by atoms with E-state index in [0.29, 0.717) is 12.3 Å².